The zero-order valence-corrected chi connectivity index (χ0v) is 9.77. The maximum Gasteiger partial charge on any atom is 0.279 e. The molecule has 0 aromatic carbocycles. The van der Waals surface area contributed by atoms with Crippen LogP contribution in [-0.2, 0) is 0 Å². The second-order valence-electron chi connectivity index (χ2n) is 3.96. The second-order valence-corrected chi connectivity index (χ2v) is 5.17. The number of hydrogen-bond acceptors (Lipinski definition) is 2. The highest BCUT2D eigenvalue weighted by molar-refractivity contribution is 8.14. The van der Waals surface area contributed by atoms with E-state index in [1.807, 2.05) is 13.8 Å². The van der Waals surface area contributed by atoms with Gasteiger partial charge in [0.15, 0.2) is 0 Å². The molecule has 0 fully saturated rings. The van der Waals surface area contributed by atoms with Gasteiger partial charge in [-0.2, -0.15) is 0 Å². The van der Waals surface area contributed by atoms with E-state index in [0.29, 0.717) is 5.25 Å². The molecule has 14 heavy (non-hydrogen) atoms. The number of carbonyl (C=O) groups is 1. The van der Waals surface area contributed by atoms with Crippen LogP contribution in [0.4, 0.5) is 4.79 Å². The Morgan fingerprint density at radius 3 is 3.00 bits per heavy atom. The molecule has 1 aliphatic rings. The molecule has 0 heterocycles. The largest absolute Gasteiger partial charge is 0.345 e. The van der Waals surface area contributed by atoms with Gasteiger partial charge in [0, 0.05) is 11.3 Å². The lowest BCUT2D eigenvalue weighted by atomic mass is 10.2. The predicted octanol–water partition coefficient (Wildman–Crippen LogP) is 3.34. The van der Waals surface area contributed by atoms with Crippen molar-refractivity contribution in [2.75, 3.05) is 0 Å². The highest BCUT2D eigenvalue weighted by Crippen LogP contribution is 2.23. The Hall–Kier alpha value is -0.440. The third kappa shape index (κ3) is 4.70. The van der Waals surface area contributed by atoms with E-state index in [-0.39, 0.29) is 11.3 Å². The van der Waals surface area contributed by atoms with Crippen LogP contribution in [-0.4, -0.2) is 16.5 Å². The van der Waals surface area contributed by atoms with Crippen LogP contribution in [0.5, 0.6) is 0 Å². The molecule has 0 aromatic rings. The van der Waals surface area contributed by atoms with Crippen molar-refractivity contribution in [3.8, 4) is 0 Å². The molecule has 2 nitrogen and oxygen atoms in total. The minimum atomic E-state index is 0.108. The summed E-state index contributed by atoms with van der Waals surface area (Å²) in [4.78, 5) is 11.5. The fourth-order valence-corrected chi connectivity index (χ4v) is 2.51. The van der Waals surface area contributed by atoms with Gasteiger partial charge in [-0.05, 0) is 33.1 Å². The number of amides is 1. The zero-order valence-electron chi connectivity index (χ0n) is 8.95. The smallest absolute Gasteiger partial charge is 0.279 e. The molecule has 0 bridgehead atoms. The summed E-state index contributed by atoms with van der Waals surface area (Å²) < 4.78 is 0. The first-order valence-corrected chi connectivity index (χ1v) is 6.20. The first-order chi connectivity index (χ1) is 6.68. The molecule has 1 rings (SSSR count). The van der Waals surface area contributed by atoms with Gasteiger partial charge in [-0.3, -0.25) is 4.79 Å². The van der Waals surface area contributed by atoms with Gasteiger partial charge in [0.2, 0.25) is 0 Å². The minimum Gasteiger partial charge on any atom is -0.345 e. The SMILES string of the molecule is CC(C)NC(=O)SC1C=CCCCC1. The normalized spacial score (nSPS) is 22.1. The van der Waals surface area contributed by atoms with Gasteiger partial charge in [0.25, 0.3) is 5.24 Å². The molecular formula is C11H19NOS. The van der Waals surface area contributed by atoms with Crippen molar-refractivity contribution in [2.24, 2.45) is 0 Å². The predicted molar refractivity (Wildman–Crippen MR) is 62.7 cm³/mol. The molecule has 0 radical (unpaired) electrons. The van der Waals surface area contributed by atoms with Crippen molar-refractivity contribution in [1.82, 2.24) is 5.32 Å². The monoisotopic (exact) mass is 213 g/mol. The van der Waals surface area contributed by atoms with E-state index in [2.05, 4.69) is 17.5 Å². The van der Waals surface area contributed by atoms with Crippen molar-refractivity contribution in [3.63, 3.8) is 0 Å². The lowest BCUT2D eigenvalue weighted by molar-refractivity contribution is 0.258. The summed E-state index contributed by atoms with van der Waals surface area (Å²) in [6.45, 7) is 3.97. The minimum absolute atomic E-state index is 0.108. The Labute approximate surface area is 90.5 Å². The van der Waals surface area contributed by atoms with E-state index in [1.54, 1.807) is 0 Å². The standard InChI is InChI=1S/C11H19NOS/c1-9(2)12-11(13)14-10-7-5-3-4-6-8-10/h5,7,9-10H,3-4,6,8H2,1-2H3,(H,12,13). The second kappa shape index (κ2) is 6.12. The number of thioether (sulfide) groups is 1. The number of carbonyl (C=O) groups excluding carboxylic acids is 1. The number of rotatable bonds is 2. The van der Waals surface area contributed by atoms with E-state index in [1.165, 1.54) is 31.0 Å². The van der Waals surface area contributed by atoms with E-state index >= 15 is 0 Å². The Balaban J connectivity index is 2.31. The molecule has 0 saturated heterocycles. The summed E-state index contributed by atoms with van der Waals surface area (Å²) in [6.07, 6.45) is 9.18. The Bertz CT molecular complexity index is 213. The van der Waals surface area contributed by atoms with E-state index in [0.717, 1.165) is 6.42 Å². The lowest BCUT2D eigenvalue weighted by Crippen LogP contribution is -2.27. The Kier molecular flexibility index (Phi) is 5.09. The van der Waals surface area contributed by atoms with Crippen LogP contribution in [0.3, 0.4) is 0 Å². The highest BCUT2D eigenvalue weighted by Gasteiger charge is 2.13. The molecule has 1 aliphatic carbocycles. The van der Waals surface area contributed by atoms with Crippen molar-refractivity contribution < 1.29 is 4.79 Å². The van der Waals surface area contributed by atoms with Crippen LogP contribution < -0.4 is 5.32 Å². The summed E-state index contributed by atoms with van der Waals surface area (Å²) in [7, 11) is 0. The number of allylic oxidation sites excluding steroid dienone is 1. The molecule has 0 aromatic heterocycles. The maximum atomic E-state index is 11.5. The third-order valence-electron chi connectivity index (χ3n) is 2.13. The summed E-state index contributed by atoms with van der Waals surface area (Å²) in [6, 6.07) is 0.241. The molecule has 1 N–H and O–H groups in total. The summed E-state index contributed by atoms with van der Waals surface area (Å²) in [5.41, 5.74) is 0. The topological polar surface area (TPSA) is 29.1 Å². The quantitative estimate of drug-likeness (QED) is 0.713. The number of hydrogen-bond donors (Lipinski definition) is 1. The first kappa shape index (κ1) is 11.6. The average Bonchev–Trinajstić information content (AvgIpc) is 2.31. The molecule has 0 saturated carbocycles. The molecule has 3 heteroatoms. The van der Waals surface area contributed by atoms with Gasteiger partial charge in [0.1, 0.15) is 0 Å². The third-order valence-corrected chi connectivity index (χ3v) is 3.15. The Morgan fingerprint density at radius 2 is 2.29 bits per heavy atom. The van der Waals surface area contributed by atoms with Crippen LogP contribution in [0.25, 0.3) is 0 Å². The molecule has 0 aliphatic heterocycles. The van der Waals surface area contributed by atoms with Crippen molar-refractivity contribution in [3.05, 3.63) is 12.2 Å². The molecule has 80 valence electrons. The molecule has 1 amide bonds. The van der Waals surface area contributed by atoms with Crippen molar-refractivity contribution in [2.45, 2.75) is 50.8 Å². The van der Waals surface area contributed by atoms with Gasteiger partial charge in [-0.15, -0.1) is 0 Å². The Morgan fingerprint density at radius 1 is 1.50 bits per heavy atom. The fourth-order valence-electron chi connectivity index (χ4n) is 1.46. The van der Waals surface area contributed by atoms with Crippen LogP contribution in [0.15, 0.2) is 12.2 Å². The van der Waals surface area contributed by atoms with Crippen LogP contribution in [0.2, 0.25) is 0 Å². The van der Waals surface area contributed by atoms with Crippen molar-refractivity contribution in [1.29, 1.82) is 0 Å². The van der Waals surface area contributed by atoms with Gasteiger partial charge in [-0.25, -0.2) is 0 Å². The zero-order chi connectivity index (χ0) is 10.4. The molecule has 1 atom stereocenters. The van der Waals surface area contributed by atoms with Crippen LogP contribution >= 0.6 is 11.8 Å². The van der Waals surface area contributed by atoms with Gasteiger partial charge >= 0.3 is 0 Å². The molecule has 1 unspecified atom stereocenters. The van der Waals surface area contributed by atoms with E-state index in [9.17, 15) is 4.79 Å². The molecular weight excluding hydrogens is 194 g/mol. The van der Waals surface area contributed by atoms with Gasteiger partial charge < -0.3 is 5.32 Å². The summed E-state index contributed by atoms with van der Waals surface area (Å²) in [5.74, 6) is 0. The van der Waals surface area contributed by atoms with Crippen molar-refractivity contribution >= 4 is 17.0 Å². The lowest BCUT2D eigenvalue weighted by Gasteiger charge is -2.12. The average molecular weight is 213 g/mol. The fraction of sp³-hybridized carbons (Fsp3) is 0.727. The van der Waals surface area contributed by atoms with Gasteiger partial charge in [0.05, 0.1) is 0 Å². The van der Waals surface area contributed by atoms with Gasteiger partial charge in [-0.1, -0.05) is 30.3 Å². The first-order valence-electron chi connectivity index (χ1n) is 5.32. The van der Waals surface area contributed by atoms with E-state index < -0.39 is 0 Å². The summed E-state index contributed by atoms with van der Waals surface area (Å²) in [5, 5.41) is 3.39. The molecule has 0 spiro atoms. The van der Waals surface area contributed by atoms with Crippen LogP contribution in [0, 0.1) is 0 Å². The van der Waals surface area contributed by atoms with Crippen LogP contribution in [0.1, 0.15) is 39.5 Å². The summed E-state index contributed by atoms with van der Waals surface area (Å²) >= 11 is 1.43. The number of nitrogens with one attached hydrogen (secondary N) is 1. The van der Waals surface area contributed by atoms with E-state index in [4.69, 9.17) is 0 Å². The highest BCUT2D eigenvalue weighted by atomic mass is 32.2. The maximum absolute atomic E-state index is 11.5.